The number of methoxy groups -OCH3 is 1. The van der Waals surface area contributed by atoms with Gasteiger partial charge in [-0.05, 0) is 61.4 Å². The number of carbonyl (C=O) groups is 3. The average molecular weight is 417 g/mol. The molecule has 1 saturated heterocycles. The maximum absolute atomic E-state index is 13.5. The molecule has 3 amide bonds. The van der Waals surface area contributed by atoms with Crippen molar-refractivity contribution in [2.75, 3.05) is 12.0 Å². The average Bonchev–Trinajstić information content (AvgIpc) is 3.42. The SMILES string of the molecule is COc1ccc(C(=O)N(C2CCCC2)C2CC(=O)N(c3ccc(C#N)cc3)C2=O)cc1. The van der Waals surface area contributed by atoms with Gasteiger partial charge in [-0.3, -0.25) is 14.4 Å². The minimum Gasteiger partial charge on any atom is -0.497 e. The Morgan fingerprint density at radius 2 is 1.71 bits per heavy atom. The molecule has 1 heterocycles. The third kappa shape index (κ3) is 3.89. The Morgan fingerprint density at radius 1 is 1.06 bits per heavy atom. The molecule has 0 N–H and O–H groups in total. The summed E-state index contributed by atoms with van der Waals surface area (Å²) in [7, 11) is 1.56. The van der Waals surface area contributed by atoms with Gasteiger partial charge in [0, 0.05) is 11.6 Å². The molecule has 7 nitrogen and oxygen atoms in total. The summed E-state index contributed by atoms with van der Waals surface area (Å²) in [5, 5.41) is 8.99. The Labute approximate surface area is 180 Å². The van der Waals surface area contributed by atoms with Crippen LogP contribution in [0.5, 0.6) is 5.75 Å². The summed E-state index contributed by atoms with van der Waals surface area (Å²) in [4.78, 5) is 42.4. The van der Waals surface area contributed by atoms with Crippen LogP contribution in [0.25, 0.3) is 0 Å². The van der Waals surface area contributed by atoms with Gasteiger partial charge < -0.3 is 9.64 Å². The van der Waals surface area contributed by atoms with Gasteiger partial charge in [0.1, 0.15) is 11.8 Å². The highest BCUT2D eigenvalue weighted by Gasteiger charge is 2.47. The number of anilines is 1. The Kier molecular flexibility index (Phi) is 5.72. The lowest BCUT2D eigenvalue weighted by atomic mass is 10.1. The molecule has 0 bridgehead atoms. The van der Waals surface area contributed by atoms with Gasteiger partial charge in [-0.2, -0.15) is 5.26 Å². The molecule has 1 aliphatic carbocycles. The molecule has 1 saturated carbocycles. The van der Waals surface area contributed by atoms with Crippen LogP contribution >= 0.6 is 0 Å². The van der Waals surface area contributed by atoms with E-state index < -0.39 is 11.9 Å². The standard InChI is InChI=1S/C24H23N3O4/c1-31-20-12-8-17(9-13-20)23(29)26(18-4-2-3-5-18)21-14-22(28)27(24(21)30)19-10-6-16(15-25)7-11-19/h6-13,18,21H,2-5,14H2,1H3. The van der Waals surface area contributed by atoms with Gasteiger partial charge >= 0.3 is 0 Å². The summed E-state index contributed by atoms with van der Waals surface area (Å²) in [5.74, 6) is -0.348. The topological polar surface area (TPSA) is 90.7 Å². The molecule has 158 valence electrons. The Bertz CT molecular complexity index is 1030. The molecule has 1 atom stereocenters. The molecule has 2 aliphatic rings. The molecule has 2 aromatic rings. The summed E-state index contributed by atoms with van der Waals surface area (Å²) >= 11 is 0. The quantitative estimate of drug-likeness (QED) is 0.697. The maximum Gasteiger partial charge on any atom is 0.257 e. The van der Waals surface area contributed by atoms with Gasteiger partial charge in [0.15, 0.2) is 0 Å². The lowest BCUT2D eigenvalue weighted by Crippen LogP contribution is -2.50. The van der Waals surface area contributed by atoms with Crippen molar-refractivity contribution in [2.45, 2.75) is 44.2 Å². The number of nitriles is 1. The van der Waals surface area contributed by atoms with Crippen LogP contribution in [0.15, 0.2) is 48.5 Å². The van der Waals surface area contributed by atoms with Crippen LogP contribution in [0.3, 0.4) is 0 Å². The molecule has 2 fully saturated rings. The molecule has 2 aromatic carbocycles. The monoisotopic (exact) mass is 417 g/mol. The fourth-order valence-corrected chi connectivity index (χ4v) is 4.42. The molecule has 0 aromatic heterocycles. The van der Waals surface area contributed by atoms with Crippen molar-refractivity contribution in [2.24, 2.45) is 0 Å². The maximum atomic E-state index is 13.5. The number of nitrogens with zero attached hydrogens (tertiary/aromatic N) is 3. The van der Waals surface area contributed by atoms with E-state index in [0.717, 1.165) is 30.6 Å². The minimum absolute atomic E-state index is 0.0444. The van der Waals surface area contributed by atoms with E-state index in [-0.39, 0.29) is 24.3 Å². The fourth-order valence-electron chi connectivity index (χ4n) is 4.42. The summed E-state index contributed by atoms with van der Waals surface area (Å²) < 4.78 is 5.17. The van der Waals surface area contributed by atoms with Crippen LogP contribution in [0, 0.1) is 11.3 Å². The second-order valence-corrected chi connectivity index (χ2v) is 7.83. The van der Waals surface area contributed by atoms with Crippen molar-refractivity contribution < 1.29 is 19.1 Å². The van der Waals surface area contributed by atoms with Crippen LogP contribution in [-0.2, 0) is 9.59 Å². The van der Waals surface area contributed by atoms with E-state index in [2.05, 4.69) is 0 Å². The van der Waals surface area contributed by atoms with Crippen LogP contribution in [0.4, 0.5) is 5.69 Å². The number of ether oxygens (including phenoxy) is 1. The van der Waals surface area contributed by atoms with Crippen LogP contribution < -0.4 is 9.64 Å². The van der Waals surface area contributed by atoms with Crippen LogP contribution in [0.2, 0.25) is 0 Å². The number of hydrogen-bond donors (Lipinski definition) is 0. The first-order valence-electron chi connectivity index (χ1n) is 10.4. The normalized spacial score (nSPS) is 18.8. The molecular weight excluding hydrogens is 394 g/mol. The Morgan fingerprint density at radius 3 is 2.29 bits per heavy atom. The zero-order valence-corrected chi connectivity index (χ0v) is 17.3. The van der Waals surface area contributed by atoms with Gasteiger partial charge in [0.2, 0.25) is 5.91 Å². The van der Waals surface area contributed by atoms with Crippen molar-refractivity contribution in [3.05, 3.63) is 59.7 Å². The van der Waals surface area contributed by atoms with E-state index in [1.165, 1.54) is 0 Å². The summed E-state index contributed by atoms with van der Waals surface area (Å²) in [6, 6.07) is 14.2. The first-order valence-corrected chi connectivity index (χ1v) is 10.4. The highest BCUT2D eigenvalue weighted by atomic mass is 16.5. The highest BCUT2D eigenvalue weighted by Crippen LogP contribution is 2.33. The van der Waals surface area contributed by atoms with Crippen molar-refractivity contribution in [3.8, 4) is 11.8 Å². The number of amides is 3. The zero-order chi connectivity index (χ0) is 22.0. The number of hydrogen-bond acceptors (Lipinski definition) is 5. The van der Waals surface area contributed by atoms with Crippen LogP contribution in [-0.4, -0.2) is 41.8 Å². The largest absolute Gasteiger partial charge is 0.497 e. The third-order valence-corrected chi connectivity index (χ3v) is 6.00. The first-order chi connectivity index (χ1) is 15.0. The predicted octanol–water partition coefficient (Wildman–Crippen LogP) is 3.28. The second kappa shape index (κ2) is 8.60. The molecule has 1 aliphatic heterocycles. The van der Waals surface area contributed by atoms with E-state index in [1.807, 2.05) is 6.07 Å². The number of imide groups is 1. The lowest BCUT2D eigenvalue weighted by Gasteiger charge is -2.33. The summed E-state index contributed by atoms with van der Waals surface area (Å²) in [6.45, 7) is 0. The van der Waals surface area contributed by atoms with E-state index >= 15 is 0 Å². The molecule has 0 spiro atoms. The first kappa shape index (κ1) is 20.6. The van der Waals surface area contributed by atoms with Crippen molar-refractivity contribution >= 4 is 23.4 Å². The van der Waals surface area contributed by atoms with E-state index in [1.54, 1.807) is 60.5 Å². The van der Waals surface area contributed by atoms with Gasteiger partial charge in [0.25, 0.3) is 11.8 Å². The van der Waals surface area contributed by atoms with Crippen molar-refractivity contribution in [3.63, 3.8) is 0 Å². The van der Waals surface area contributed by atoms with Crippen molar-refractivity contribution in [1.29, 1.82) is 5.26 Å². The molecule has 4 rings (SSSR count). The fraction of sp³-hybridized carbons (Fsp3) is 0.333. The Hall–Kier alpha value is -3.66. The molecule has 31 heavy (non-hydrogen) atoms. The smallest absolute Gasteiger partial charge is 0.257 e. The Balaban J connectivity index is 1.65. The number of carbonyl (C=O) groups excluding carboxylic acids is 3. The molecule has 1 unspecified atom stereocenters. The minimum atomic E-state index is -0.833. The number of benzene rings is 2. The summed E-state index contributed by atoms with van der Waals surface area (Å²) in [6.07, 6.45) is 3.57. The van der Waals surface area contributed by atoms with Crippen molar-refractivity contribution in [1.82, 2.24) is 4.90 Å². The summed E-state index contributed by atoms with van der Waals surface area (Å²) in [5.41, 5.74) is 1.33. The molecular formula is C24H23N3O4. The number of rotatable bonds is 5. The van der Waals surface area contributed by atoms with Crippen LogP contribution in [0.1, 0.15) is 48.0 Å². The van der Waals surface area contributed by atoms with E-state index in [4.69, 9.17) is 10.00 Å². The third-order valence-electron chi connectivity index (χ3n) is 6.00. The van der Waals surface area contributed by atoms with Gasteiger partial charge in [-0.1, -0.05) is 12.8 Å². The zero-order valence-electron chi connectivity index (χ0n) is 17.3. The van der Waals surface area contributed by atoms with Gasteiger partial charge in [-0.15, -0.1) is 0 Å². The lowest BCUT2D eigenvalue weighted by molar-refractivity contribution is -0.123. The van der Waals surface area contributed by atoms with Gasteiger partial charge in [-0.25, -0.2) is 4.90 Å². The predicted molar refractivity (Wildman–Crippen MR) is 113 cm³/mol. The highest BCUT2D eigenvalue weighted by molar-refractivity contribution is 6.23. The second-order valence-electron chi connectivity index (χ2n) is 7.83. The molecule has 0 radical (unpaired) electrons. The van der Waals surface area contributed by atoms with Gasteiger partial charge in [0.05, 0.1) is 30.9 Å². The molecule has 7 heteroatoms. The van der Waals surface area contributed by atoms with E-state index in [9.17, 15) is 14.4 Å². The van der Waals surface area contributed by atoms with E-state index in [0.29, 0.717) is 22.6 Å².